The molecule has 2 aromatic rings. The standard InChI is InChI=1S/C15H19N3S/c1-10-11(2)19-15(18-10)14-4-3-12(9-17-14)7-13-5-6-16-8-13/h3-4,9,13,16H,5-8H2,1-2H3/t13-/m0/s1. The summed E-state index contributed by atoms with van der Waals surface area (Å²) in [6.45, 7) is 6.47. The smallest absolute Gasteiger partial charge is 0.142 e. The second-order valence-electron chi connectivity index (χ2n) is 5.28. The van der Waals surface area contributed by atoms with Gasteiger partial charge in [-0.2, -0.15) is 0 Å². The first-order valence-corrected chi connectivity index (χ1v) is 7.64. The number of aromatic nitrogens is 2. The van der Waals surface area contributed by atoms with E-state index >= 15 is 0 Å². The predicted octanol–water partition coefficient (Wildman–Crippen LogP) is 2.97. The molecule has 0 unspecified atom stereocenters. The maximum atomic E-state index is 4.57. The van der Waals surface area contributed by atoms with Crippen molar-refractivity contribution in [2.75, 3.05) is 13.1 Å². The van der Waals surface area contributed by atoms with Crippen LogP contribution in [0, 0.1) is 19.8 Å². The maximum Gasteiger partial charge on any atom is 0.142 e. The van der Waals surface area contributed by atoms with Crippen molar-refractivity contribution in [3.05, 3.63) is 34.5 Å². The highest BCUT2D eigenvalue weighted by molar-refractivity contribution is 7.15. The molecule has 1 N–H and O–H groups in total. The zero-order chi connectivity index (χ0) is 13.2. The fourth-order valence-electron chi connectivity index (χ4n) is 2.48. The summed E-state index contributed by atoms with van der Waals surface area (Å²) >= 11 is 1.72. The average molecular weight is 273 g/mol. The predicted molar refractivity (Wildman–Crippen MR) is 79.5 cm³/mol. The van der Waals surface area contributed by atoms with Crippen LogP contribution < -0.4 is 5.32 Å². The van der Waals surface area contributed by atoms with Crippen LogP contribution in [0.1, 0.15) is 22.6 Å². The van der Waals surface area contributed by atoms with Crippen LogP contribution >= 0.6 is 11.3 Å². The minimum absolute atomic E-state index is 0.775. The lowest BCUT2D eigenvalue weighted by Crippen LogP contribution is -2.10. The van der Waals surface area contributed by atoms with E-state index in [2.05, 4.69) is 41.3 Å². The number of hydrogen-bond acceptors (Lipinski definition) is 4. The molecule has 1 aliphatic heterocycles. The van der Waals surface area contributed by atoms with Gasteiger partial charge >= 0.3 is 0 Å². The van der Waals surface area contributed by atoms with Crippen LogP contribution in [0.25, 0.3) is 10.7 Å². The van der Waals surface area contributed by atoms with E-state index in [-0.39, 0.29) is 0 Å². The second-order valence-corrected chi connectivity index (χ2v) is 6.48. The Bertz CT molecular complexity index is 534. The summed E-state index contributed by atoms with van der Waals surface area (Å²) in [5.74, 6) is 0.775. The molecule has 0 aromatic carbocycles. The molecule has 3 rings (SSSR count). The van der Waals surface area contributed by atoms with Crippen molar-refractivity contribution in [1.82, 2.24) is 15.3 Å². The van der Waals surface area contributed by atoms with E-state index in [9.17, 15) is 0 Å². The lowest BCUT2D eigenvalue weighted by molar-refractivity contribution is 0.579. The topological polar surface area (TPSA) is 37.8 Å². The van der Waals surface area contributed by atoms with Crippen LogP contribution in [0.3, 0.4) is 0 Å². The lowest BCUT2D eigenvalue weighted by atomic mass is 10.00. The summed E-state index contributed by atoms with van der Waals surface area (Å²) in [5, 5.41) is 4.44. The fraction of sp³-hybridized carbons (Fsp3) is 0.467. The summed E-state index contributed by atoms with van der Waals surface area (Å²) in [7, 11) is 0. The van der Waals surface area contributed by atoms with Gasteiger partial charge in [-0.1, -0.05) is 6.07 Å². The number of hydrogen-bond donors (Lipinski definition) is 1. The molecule has 2 aromatic heterocycles. The van der Waals surface area contributed by atoms with Crippen molar-refractivity contribution in [2.24, 2.45) is 5.92 Å². The Morgan fingerprint density at radius 1 is 1.37 bits per heavy atom. The average Bonchev–Trinajstić information content (AvgIpc) is 3.02. The number of nitrogens with zero attached hydrogens (tertiary/aromatic N) is 2. The molecular weight excluding hydrogens is 254 g/mol. The third kappa shape index (κ3) is 2.85. The van der Waals surface area contributed by atoms with Crippen molar-refractivity contribution in [2.45, 2.75) is 26.7 Å². The highest BCUT2D eigenvalue weighted by atomic mass is 32.1. The molecule has 100 valence electrons. The number of rotatable bonds is 3. The third-order valence-electron chi connectivity index (χ3n) is 3.76. The molecule has 4 heteroatoms. The highest BCUT2D eigenvalue weighted by Gasteiger charge is 2.15. The third-order valence-corrected chi connectivity index (χ3v) is 4.85. The van der Waals surface area contributed by atoms with Gasteiger partial charge in [0.05, 0.1) is 11.4 Å². The molecule has 0 saturated carbocycles. The first kappa shape index (κ1) is 12.8. The molecule has 0 amide bonds. The quantitative estimate of drug-likeness (QED) is 0.934. The number of pyridine rings is 1. The van der Waals surface area contributed by atoms with Gasteiger partial charge in [0.1, 0.15) is 5.01 Å². The Balaban J connectivity index is 1.74. The van der Waals surface area contributed by atoms with Crippen molar-refractivity contribution in [1.29, 1.82) is 0 Å². The van der Waals surface area contributed by atoms with Crippen LogP contribution in [-0.2, 0) is 6.42 Å². The van der Waals surface area contributed by atoms with Gasteiger partial charge in [-0.15, -0.1) is 11.3 Å². The Labute approximate surface area is 118 Å². The molecule has 1 fully saturated rings. The van der Waals surface area contributed by atoms with Gasteiger partial charge in [0.15, 0.2) is 0 Å². The summed E-state index contributed by atoms with van der Waals surface area (Å²) in [5.41, 5.74) is 3.44. The Hall–Kier alpha value is -1.26. The van der Waals surface area contributed by atoms with Gasteiger partial charge in [-0.3, -0.25) is 4.98 Å². The molecule has 1 saturated heterocycles. The Morgan fingerprint density at radius 2 is 2.26 bits per heavy atom. The van der Waals surface area contributed by atoms with Gasteiger partial charge in [0, 0.05) is 11.1 Å². The minimum Gasteiger partial charge on any atom is -0.316 e. The van der Waals surface area contributed by atoms with Gasteiger partial charge < -0.3 is 5.32 Å². The molecule has 3 heterocycles. The summed E-state index contributed by atoms with van der Waals surface area (Å²) in [6.07, 6.45) is 4.43. The van der Waals surface area contributed by atoms with E-state index in [1.807, 2.05) is 6.20 Å². The summed E-state index contributed by atoms with van der Waals surface area (Å²) in [6, 6.07) is 4.31. The first-order valence-electron chi connectivity index (χ1n) is 6.82. The van der Waals surface area contributed by atoms with E-state index in [0.29, 0.717) is 0 Å². The van der Waals surface area contributed by atoms with Crippen LogP contribution in [0.2, 0.25) is 0 Å². The molecular formula is C15H19N3S. The Morgan fingerprint density at radius 3 is 2.84 bits per heavy atom. The zero-order valence-electron chi connectivity index (χ0n) is 11.4. The maximum absolute atomic E-state index is 4.57. The molecule has 3 nitrogen and oxygen atoms in total. The van der Waals surface area contributed by atoms with E-state index in [1.165, 1.54) is 16.9 Å². The highest BCUT2D eigenvalue weighted by Crippen LogP contribution is 2.26. The van der Waals surface area contributed by atoms with E-state index in [0.717, 1.165) is 41.8 Å². The van der Waals surface area contributed by atoms with Crippen LogP contribution in [0.5, 0.6) is 0 Å². The zero-order valence-corrected chi connectivity index (χ0v) is 12.3. The van der Waals surface area contributed by atoms with Crippen LogP contribution in [-0.4, -0.2) is 23.1 Å². The van der Waals surface area contributed by atoms with Gasteiger partial charge in [0.25, 0.3) is 0 Å². The normalized spacial score (nSPS) is 18.9. The SMILES string of the molecule is Cc1nc(-c2ccc(C[C@@H]3CCNC3)cn2)sc1C. The molecule has 0 aliphatic carbocycles. The van der Waals surface area contributed by atoms with Gasteiger partial charge in [-0.05, 0) is 57.3 Å². The minimum atomic E-state index is 0.775. The van der Waals surface area contributed by atoms with E-state index in [1.54, 1.807) is 11.3 Å². The van der Waals surface area contributed by atoms with Crippen LogP contribution in [0.15, 0.2) is 18.3 Å². The summed E-state index contributed by atoms with van der Waals surface area (Å²) < 4.78 is 0. The van der Waals surface area contributed by atoms with Crippen molar-refractivity contribution in [3.8, 4) is 10.7 Å². The van der Waals surface area contributed by atoms with Crippen molar-refractivity contribution in [3.63, 3.8) is 0 Å². The molecule has 0 spiro atoms. The molecule has 0 bridgehead atoms. The number of thiazole rings is 1. The molecule has 1 aliphatic rings. The molecule has 0 radical (unpaired) electrons. The first-order chi connectivity index (χ1) is 9.22. The molecule has 1 atom stereocenters. The van der Waals surface area contributed by atoms with Crippen molar-refractivity contribution >= 4 is 11.3 Å². The summed E-state index contributed by atoms with van der Waals surface area (Å²) in [4.78, 5) is 10.4. The van der Waals surface area contributed by atoms with Gasteiger partial charge in [-0.25, -0.2) is 4.98 Å². The van der Waals surface area contributed by atoms with Crippen LogP contribution in [0.4, 0.5) is 0 Å². The van der Waals surface area contributed by atoms with Gasteiger partial charge in [0.2, 0.25) is 0 Å². The van der Waals surface area contributed by atoms with E-state index < -0.39 is 0 Å². The fourth-order valence-corrected chi connectivity index (χ4v) is 3.37. The largest absolute Gasteiger partial charge is 0.316 e. The number of aryl methyl sites for hydroxylation is 2. The monoisotopic (exact) mass is 273 g/mol. The lowest BCUT2D eigenvalue weighted by Gasteiger charge is -2.07. The second kappa shape index (κ2) is 5.39. The Kier molecular flexibility index (Phi) is 3.62. The van der Waals surface area contributed by atoms with Crippen molar-refractivity contribution < 1.29 is 0 Å². The number of nitrogens with one attached hydrogen (secondary N) is 1. The van der Waals surface area contributed by atoms with E-state index in [4.69, 9.17) is 0 Å². The molecule has 19 heavy (non-hydrogen) atoms.